The largest absolute Gasteiger partial charge is 0.457 e. The number of esters is 1. The monoisotopic (exact) mass is 419 g/mol. The predicted octanol–water partition coefficient (Wildman–Crippen LogP) is 2.65. The van der Waals surface area contributed by atoms with Gasteiger partial charge in [0.2, 0.25) is 5.95 Å². The molecule has 8 heteroatoms. The summed E-state index contributed by atoms with van der Waals surface area (Å²) >= 11 is 0. The van der Waals surface area contributed by atoms with Crippen LogP contribution in [0.15, 0.2) is 30.7 Å². The predicted molar refractivity (Wildman–Crippen MR) is 113 cm³/mol. The SMILES string of the molecule is Cc1cn(-c2ncc(CNCC(O)c3ccc4c(c3C)COC4=O)cn2)c(C2CC2)n1. The van der Waals surface area contributed by atoms with Crippen LogP contribution in [0, 0.1) is 13.8 Å². The summed E-state index contributed by atoms with van der Waals surface area (Å²) in [6, 6.07) is 3.53. The van der Waals surface area contributed by atoms with Gasteiger partial charge < -0.3 is 15.2 Å². The van der Waals surface area contributed by atoms with Gasteiger partial charge in [-0.3, -0.25) is 4.57 Å². The molecule has 3 aromatic rings. The Bertz CT molecular complexity index is 1130. The van der Waals surface area contributed by atoms with Gasteiger partial charge in [0.1, 0.15) is 12.4 Å². The first-order chi connectivity index (χ1) is 15.0. The lowest BCUT2D eigenvalue weighted by atomic mass is 9.95. The number of ether oxygens (including phenoxy) is 1. The van der Waals surface area contributed by atoms with Gasteiger partial charge in [-0.25, -0.2) is 19.7 Å². The highest BCUT2D eigenvalue weighted by molar-refractivity contribution is 5.93. The number of carbonyl (C=O) groups is 1. The Kier molecular flexibility index (Phi) is 5.03. The molecule has 1 aliphatic heterocycles. The first-order valence-electron chi connectivity index (χ1n) is 10.6. The van der Waals surface area contributed by atoms with Crippen LogP contribution in [-0.4, -0.2) is 37.1 Å². The number of carbonyl (C=O) groups excluding carboxylic acids is 1. The molecule has 8 nitrogen and oxygen atoms in total. The van der Waals surface area contributed by atoms with E-state index in [1.807, 2.05) is 24.6 Å². The van der Waals surface area contributed by atoms with Gasteiger partial charge in [0.15, 0.2) is 0 Å². The van der Waals surface area contributed by atoms with Crippen LogP contribution in [0.1, 0.15) is 69.0 Å². The van der Waals surface area contributed by atoms with E-state index < -0.39 is 6.10 Å². The van der Waals surface area contributed by atoms with Crippen molar-refractivity contribution < 1.29 is 14.6 Å². The molecule has 2 N–H and O–H groups in total. The first-order valence-corrected chi connectivity index (χ1v) is 10.6. The molecule has 1 atom stereocenters. The normalized spacial score (nSPS) is 16.3. The molecule has 0 spiro atoms. The van der Waals surface area contributed by atoms with Gasteiger partial charge in [-0.05, 0) is 43.9 Å². The second-order valence-corrected chi connectivity index (χ2v) is 8.30. The van der Waals surface area contributed by atoms with Crippen LogP contribution in [0.4, 0.5) is 0 Å². The van der Waals surface area contributed by atoms with Crippen molar-refractivity contribution in [2.75, 3.05) is 6.54 Å². The van der Waals surface area contributed by atoms with E-state index in [-0.39, 0.29) is 12.6 Å². The molecule has 1 aliphatic carbocycles. The molecule has 1 fully saturated rings. The van der Waals surface area contributed by atoms with E-state index in [9.17, 15) is 9.90 Å². The number of aliphatic hydroxyl groups excluding tert-OH is 1. The summed E-state index contributed by atoms with van der Waals surface area (Å²) in [7, 11) is 0. The highest BCUT2D eigenvalue weighted by atomic mass is 16.5. The molecule has 2 aliphatic rings. The van der Waals surface area contributed by atoms with Crippen LogP contribution in [0.5, 0.6) is 0 Å². The number of imidazole rings is 1. The summed E-state index contributed by atoms with van der Waals surface area (Å²) in [5.41, 5.74) is 5.09. The zero-order chi connectivity index (χ0) is 21.5. The summed E-state index contributed by atoms with van der Waals surface area (Å²) in [6.07, 6.45) is 7.25. The Morgan fingerprint density at radius 1 is 1.26 bits per heavy atom. The van der Waals surface area contributed by atoms with Gasteiger partial charge >= 0.3 is 5.97 Å². The molecular formula is C23H25N5O3. The Balaban J connectivity index is 1.21. The zero-order valence-electron chi connectivity index (χ0n) is 17.6. The molecule has 3 heterocycles. The molecule has 31 heavy (non-hydrogen) atoms. The average Bonchev–Trinajstić information content (AvgIpc) is 3.44. The lowest BCUT2D eigenvalue weighted by molar-refractivity contribution is 0.0535. The van der Waals surface area contributed by atoms with E-state index in [2.05, 4.69) is 20.3 Å². The van der Waals surface area contributed by atoms with E-state index >= 15 is 0 Å². The topological polar surface area (TPSA) is 102 Å². The standard InChI is InChI=1S/C23H25N5O3/c1-13-11-28(21(27-13)16-3-4-16)23-25-8-15(9-26-23)7-24-10-20(29)17-5-6-18-19(14(17)2)12-31-22(18)30/h5-6,8-9,11,16,20,24,29H,3-4,7,10,12H2,1-2H3. The van der Waals surface area contributed by atoms with Gasteiger partial charge in [-0.1, -0.05) is 6.07 Å². The smallest absolute Gasteiger partial charge is 0.338 e. The lowest BCUT2D eigenvalue weighted by Gasteiger charge is -2.16. The fourth-order valence-corrected chi connectivity index (χ4v) is 4.06. The Morgan fingerprint density at radius 3 is 2.77 bits per heavy atom. The van der Waals surface area contributed by atoms with Crippen LogP contribution < -0.4 is 5.32 Å². The van der Waals surface area contributed by atoms with E-state index in [0.29, 0.717) is 30.5 Å². The molecule has 0 bridgehead atoms. The number of fused-ring (bicyclic) bond motifs is 1. The van der Waals surface area contributed by atoms with Crippen molar-refractivity contribution in [2.45, 2.75) is 51.9 Å². The summed E-state index contributed by atoms with van der Waals surface area (Å²) in [4.78, 5) is 25.3. The maximum Gasteiger partial charge on any atom is 0.338 e. The van der Waals surface area contributed by atoms with Crippen LogP contribution >= 0.6 is 0 Å². The van der Waals surface area contributed by atoms with Gasteiger partial charge in [-0.2, -0.15) is 0 Å². The van der Waals surface area contributed by atoms with Crippen LogP contribution in [0.3, 0.4) is 0 Å². The number of rotatable bonds is 7. The average molecular weight is 419 g/mol. The molecule has 5 rings (SSSR count). The van der Waals surface area contributed by atoms with Gasteiger partial charge in [-0.15, -0.1) is 0 Å². The summed E-state index contributed by atoms with van der Waals surface area (Å²) in [6.45, 7) is 5.10. The summed E-state index contributed by atoms with van der Waals surface area (Å²) in [5, 5.41) is 13.9. The van der Waals surface area contributed by atoms with E-state index in [4.69, 9.17) is 4.74 Å². The van der Waals surface area contributed by atoms with Crippen molar-refractivity contribution in [1.29, 1.82) is 0 Å². The van der Waals surface area contributed by atoms with E-state index in [0.717, 1.165) is 33.8 Å². The first kappa shape index (κ1) is 19.8. The molecule has 0 amide bonds. The van der Waals surface area contributed by atoms with Crippen molar-refractivity contribution in [3.8, 4) is 5.95 Å². The number of aliphatic hydroxyl groups is 1. The highest BCUT2D eigenvalue weighted by Crippen LogP contribution is 2.39. The van der Waals surface area contributed by atoms with Crippen molar-refractivity contribution in [2.24, 2.45) is 0 Å². The molecule has 0 saturated heterocycles. The summed E-state index contributed by atoms with van der Waals surface area (Å²) < 4.78 is 7.07. The summed E-state index contributed by atoms with van der Waals surface area (Å²) in [5.74, 6) is 1.91. The third-order valence-corrected chi connectivity index (χ3v) is 5.94. The molecule has 0 radical (unpaired) electrons. The molecule has 1 saturated carbocycles. The Morgan fingerprint density at radius 2 is 2.03 bits per heavy atom. The minimum atomic E-state index is -0.684. The van der Waals surface area contributed by atoms with Crippen LogP contribution in [0.2, 0.25) is 0 Å². The number of hydrogen-bond donors (Lipinski definition) is 2. The van der Waals surface area contributed by atoms with Crippen molar-refractivity contribution in [3.63, 3.8) is 0 Å². The third-order valence-electron chi connectivity index (χ3n) is 5.94. The Labute approximate surface area is 180 Å². The number of hydrogen-bond acceptors (Lipinski definition) is 7. The van der Waals surface area contributed by atoms with Crippen LogP contribution in [0.25, 0.3) is 5.95 Å². The van der Waals surface area contributed by atoms with Gasteiger partial charge in [0.25, 0.3) is 0 Å². The van der Waals surface area contributed by atoms with Crippen molar-refractivity contribution >= 4 is 5.97 Å². The fourth-order valence-electron chi connectivity index (χ4n) is 4.06. The molecule has 1 unspecified atom stereocenters. The molecule has 2 aromatic heterocycles. The number of cyclic esters (lactones) is 1. The number of nitrogens with one attached hydrogen (secondary N) is 1. The quantitative estimate of drug-likeness (QED) is 0.568. The number of nitrogens with zero attached hydrogens (tertiary/aromatic N) is 4. The Hall–Kier alpha value is -3.10. The van der Waals surface area contributed by atoms with Crippen LogP contribution in [-0.2, 0) is 17.9 Å². The maximum atomic E-state index is 11.7. The highest BCUT2D eigenvalue weighted by Gasteiger charge is 2.29. The molecule has 160 valence electrons. The van der Waals surface area contributed by atoms with Gasteiger partial charge in [0.05, 0.1) is 17.4 Å². The fraction of sp³-hybridized carbons (Fsp3) is 0.391. The second kappa shape index (κ2) is 7.86. The van der Waals surface area contributed by atoms with Gasteiger partial charge in [0, 0.05) is 48.7 Å². The zero-order valence-corrected chi connectivity index (χ0v) is 17.6. The minimum Gasteiger partial charge on any atom is -0.457 e. The second-order valence-electron chi connectivity index (χ2n) is 8.30. The van der Waals surface area contributed by atoms with Crippen molar-refractivity contribution in [1.82, 2.24) is 24.8 Å². The number of aromatic nitrogens is 4. The minimum absolute atomic E-state index is 0.274. The lowest BCUT2D eigenvalue weighted by Crippen LogP contribution is -2.22. The molecular weight excluding hydrogens is 394 g/mol. The number of aryl methyl sites for hydroxylation is 1. The molecule has 1 aromatic carbocycles. The van der Waals surface area contributed by atoms with Crippen molar-refractivity contribution in [3.05, 3.63) is 70.1 Å². The van der Waals surface area contributed by atoms with E-state index in [1.165, 1.54) is 12.8 Å². The third kappa shape index (κ3) is 3.84. The maximum absolute atomic E-state index is 11.7. The number of benzene rings is 1. The van der Waals surface area contributed by atoms with E-state index in [1.54, 1.807) is 24.5 Å².